The molecule has 2 aromatic carbocycles. The van der Waals surface area contributed by atoms with Crippen LogP contribution in [0.5, 0.6) is 23.0 Å². The molecule has 0 spiro atoms. The van der Waals surface area contributed by atoms with E-state index in [1.807, 2.05) is 6.92 Å². The molecule has 5 N–H and O–H groups in total. The Bertz CT molecular complexity index is 736. The van der Waals surface area contributed by atoms with Gasteiger partial charge in [-0.15, -0.1) is 0 Å². The second-order valence-electron chi connectivity index (χ2n) is 5.01. The van der Waals surface area contributed by atoms with Gasteiger partial charge in [0.15, 0.2) is 0 Å². The number of phosphoric acid groups is 1. The lowest BCUT2D eigenvalue weighted by Gasteiger charge is -2.21. The standard InChI is InChI=1S/C15H17O7P/c1-2-12(9-3-5-10(16)6-4-9)15-13(18)7-11(17)8-14(15)22-23(19,20)21/h3-8,12,16-18H,2H2,1H3,(H2,19,20,21). The smallest absolute Gasteiger partial charge is 0.508 e. The molecule has 2 rings (SSSR count). The molecule has 0 bridgehead atoms. The summed E-state index contributed by atoms with van der Waals surface area (Å²) in [4.78, 5) is 18.1. The normalized spacial score (nSPS) is 12.8. The predicted octanol–water partition coefficient (Wildman–Crippen LogP) is 2.82. The van der Waals surface area contributed by atoms with Crippen LogP contribution in [0.4, 0.5) is 0 Å². The van der Waals surface area contributed by atoms with Crippen LogP contribution >= 0.6 is 7.82 Å². The Hall–Kier alpha value is -2.21. The maximum atomic E-state index is 11.1. The highest BCUT2D eigenvalue weighted by Gasteiger charge is 2.26. The molecule has 1 atom stereocenters. The summed E-state index contributed by atoms with van der Waals surface area (Å²) in [6.07, 6.45) is 0.487. The maximum Gasteiger partial charge on any atom is 0.524 e. The highest BCUT2D eigenvalue weighted by Crippen LogP contribution is 2.48. The number of phosphoric ester groups is 1. The molecule has 0 saturated carbocycles. The number of phenolic OH excluding ortho intramolecular Hbond substituents is 3. The number of phenols is 3. The lowest BCUT2D eigenvalue weighted by atomic mass is 9.87. The van der Waals surface area contributed by atoms with Gasteiger partial charge in [-0.05, 0) is 24.1 Å². The van der Waals surface area contributed by atoms with E-state index >= 15 is 0 Å². The van der Waals surface area contributed by atoms with E-state index in [1.165, 1.54) is 12.1 Å². The molecule has 124 valence electrons. The van der Waals surface area contributed by atoms with Crippen LogP contribution in [0.2, 0.25) is 0 Å². The third-order valence-electron chi connectivity index (χ3n) is 3.37. The Morgan fingerprint density at radius 2 is 1.65 bits per heavy atom. The van der Waals surface area contributed by atoms with Crippen LogP contribution in [-0.2, 0) is 4.57 Å². The van der Waals surface area contributed by atoms with Gasteiger partial charge in [0.1, 0.15) is 23.0 Å². The Morgan fingerprint density at radius 3 is 2.17 bits per heavy atom. The monoisotopic (exact) mass is 340 g/mol. The number of rotatable bonds is 5. The fraction of sp³-hybridized carbons (Fsp3) is 0.200. The van der Waals surface area contributed by atoms with Crippen LogP contribution in [0.3, 0.4) is 0 Å². The van der Waals surface area contributed by atoms with Crippen LogP contribution in [0.15, 0.2) is 36.4 Å². The van der Waals surface area contributed by atoms with E-state index in [0.717, 1.165) is 12.1 Å². The first kappa shape index (κ1) is 17.1. The average Bonchev–Trinajstić information content (AvgIpc) is 2.42. The van der Waals surface area contributed by atoms with E-state index in [4.69, 9.17) is 9.79 Å². The minimum absolute atomic E-state index is 0.0743. The zero-order chi connectivity index (χ0) is 17.2. The average molecular weight is 340 g/mol. The first-order valence-electron chi connectivity index (χ1n) is 6.81. The highest BCUT2D eigenvalue weighted by atomic mass is 31.2. The maximum absolute atomic E-state index is 11.1. The van der Waals surface area contributed by atoms with E-state index in [2.05, 4.69) is 4.52 Å². The summed E-state index contributed by atoms with van der Waals surface area (Å²) in [6.45, 7) is 1.82. The Kier molecular flexibility index (Phi) is 4.85. The molecule has 0 aliphatic rings. The summed E-state index contributed by atoms with van der Waals surface area (Å²) in [7, 11) is -4.87. The molecule has 2 aromatic rings. The second kappa shape index (κ2) is 6.50. The minimum atomic E-state index is -4.87. The van der Waals surface area contributed by atoms with E-state index in [-0.39, 0.29) is 28.6 Å². The van der Waals surface area contributed by atoms with Gasteiger partial charge in [0, 0.05) is 23.6 Å². The van der Waals surface area contributed by atoms with E-state index in [0.29, 0.717) is 12.0 Å². The minimum Gasteiger partial charge on any atom is -0.508 e. The molecule has 0 amide bonds. The molecule has 0 saturated heterocycles. The van der Waals surface area contributed by atoms with Gasteiger partial charge < -0.3 is 19.8 Å². The molecule has 0 radical (unpaired) electrons. The van der Waals surface area contributed by atoms with Gasteiger partial charge in [0.25, 0.3) is 0 Å². The molecule has 23 heavy (non-hydrogen) atoms. The third-order valence-corrected chi connectivity index (χ3v) is 3.81. The molecule has 7 nitrogen and oxygen atoms in total. The fourth-order valence-corrected chi connectivity index (χ4v) is 2.87. The molecule has 0 aromatic heterocycles. The van der Waals surface area contributed by atoms with Crippen molar-refractivity contribution in [2.45, 2.75) is 19.3 Å². The predicted molar refractivity (Wildman–Crippen MR) is 82.7 cm³/mol. The number of aromatic hydroxyl groups is 3. The van der Waals surface area contributed by atoms with E-state index < -0.39 is 13.7 Å². The zero-order valence-electron chi connectivity index (χ0n) is 12.2. The third kappa shape index (κ3) is 4.16. The molecule has 8 heteroatoms. The van der Waals surface area contributed by atoms with E-state index in [9.17, 15) is 19.9 Å². The van der Waals surface area contributed by atoms with Crippen molar-refractivity contribution >= 4 is 7.82 Å². The van der Waals surface area contributed by atoms with Crippen LogP contribution < -0.4 is 4.52 Å². The van der Waals surface area contributed by atoms with Gasteiger partial charge in [0.05, 0.1) is 0 Å². The van der Waals surface area contributed by atoms with Crippen molar-refractivity contribution in [3.05, 3.63) is 47.5 Å². The van der Waals surface area contributed by atoms with Crippen molar-refractivity contribution in [1.29, 1.82) is 0 Å². The van der Waals surface area contributed by atoms with Gasteiger partial charge in [-0.3, -0.25) is 9.79 Å². The summed E-state index contributed by atoms with van der Waals surface area (Å²) < 4.78 is 15.8. The molecular weight excluding hydrogens is 323 g/mol. The van der Waals surface area contributed by atoms with E-state index in [1.54, 1.807) is 12.1 Å². The van der Waals surface area contributed by atoms with Gasteiger partial charge in [-0.2, -0.15) is 0 Å². The fourth-order valence-electron chi connectivity index (χ4n) is 2.46. The van der Waals surface area contributed by atoms with Crippen LogP contribution in [0.1, 0.15) is 30.4 Å². The van der Waals surface area contributed by atoms with Crippen LogP contribution in [-0.4, -0.2) is 25.1 Å². The number of hydrogen-bond donors (Lipinski definition) is 5. The van der Waals surface area contributed by atoms with Crippen LogP contribution in [0.25, 0.3) is 0 Å². The Balaban J connectivity index is 2.58. The highest BCUT2D eigenvalue weighted by molar-refractivity contribution is 7.46. The molecule has 0 aliphatic carbocycles. The Morgan fingerprint density at radius 1 is 1.04 bits per heavy atom. The summed E-state index contributed by atoms with van der Waals surface area (Å²) >= 11 is 0. The van der Waals surface area contributed by atoms with Crippen molar-refractivity contribution in [3.8, 4) is 23.0 Å². The first-order chi connectivity index (χ1) is 10.7. The van der Waals surface area contributed by atoms with Crippen molar-refractivity contribution in [3.63, 3.8) is 0 Å². The van der Waals surface area contributed by atoms with Gasteiger partial charge in [-0.25, -0.2) is 4.57 Å². The zero-order valence-corrected chi connectivity index (χ0v) is 13.1. The van der Waals surface area contributed by atoms with Gasteiger partial charge in [-0.1, -0.05) is 19.1 Å². The summed E-state index contributed by atoms with van der Waals surface area (Å²) in [6, 6.07) is 8.33. The molecule has 0 heterocycles. The lowest BCUT2D eigenvalue weighted by molar-refractivity contribution is 0.280. The molecule has 1 unspecified atom stereocenters. The van der Waals surface area contributed by atoms with Gasteiger partial charge in [0.2, 0.25) is 0 Å². The van der Waals surface area contributed by atoms with Crippen molar-refractivity contribution in [2.75, 3.05) is 0 Å². The molecular formula is C15H17O7P. The topological polar surface area (TPSA) is 127 Å². The van der Waals surface area contributed by atoms with Crippen molar-refractivity contribution in [1.82, 2.24) is 0 Å². The van der Waals surface area contributed by atoms with Crippen LogP contribution in [0, 0.1) is 0 Å². The number of benzene rings is 2. The van der Waals surface area contributed by atoms with Gasteiger partial charge >= 0.3 is 7.82 Å². The van der Waals surface area contributed by atoms with Crippen molar-refractivity contribution in [2.24, 2.45) is 0 Å². The number of hydrogen-bond acceptors (Lipinski definition) is 5. The largest absolute Gasteiger partial charge is 0.524 e. The summed E-state index contributed by atoms with van der Waals surface area (Å²) in [5, 5.41) is 29.1. The lowest BCUT2D eigenvalue weighted by Crippen LogP contribution is -2.04. The quantitative estimate of drug-likeness (QED) is 0.530. The molecule has 0 fully saturated rings. The first-order valence-corrected chi connectivity index (χ1v) is 8.34. The second-order valence-corrected chi connectivity index (χ2v) is 6.17. The SMILES string of the molecule is CCC(c1ccc(O)cc1)c1c(O)cc(O)cc1OP(=O)(O)O. The molecule has 0 aliphatic heterocycles. The van der Waals surface area contributed by atoms with Crippen molar-refractivity contribution < 1.29 is 34.2 Å². The summed E-state index contributed by atoms with van der Waals surface area (Å²) in [5.74, 6) is -1.39. The Labute approximate surface area is 132 Å². The summed E-state index contributed by atoms with van der Waals surface area (Å²) in [5.41, 5.74) is 0.862.